The van der Waals surface area contributed by atoms with E-state index < -0.39 is 27.8 Å². The maximum absolute atomic E-state index is 13.4. The van der Waals surface area contributed by atoms with Crippen LogP contribution in [0, 0.1) is 17.6 Å². The van der Waals surface area contributed by atoms with Gasteiger partial charge in [0, 0.05) is 24.8 Å². The highest BCUT2D eigenvalue weighted by atomic mass is 32.2. The highest BCUT2D eigenvalue weighted by Gasteiger charge is 2.17. The minimum absolute atomic E-state index is 0.131. The molecule has 0 aliphatic rings. The maximum atomic E-state index is 13.4. The number of carbonyl (C=O) groups is 1. The van der Waals surface area contributed by atoms with Gasteiger partial charge in [-0.05, 0) is 35.7 Å². The maximum Gasteiger partial charge on any atom is 0.322 e. The van der Waals surface area contributed by atoms with Crippen LogP contribution in [0.25, 0.3) is 0 Å². The molecule has 2 rings (SSSR count). The largest absolute Gasteiger partial charge is 0.383 e. The van der Waals surface area contributed by atoms with Gasteiger partial charge in [-0.25, -0.2) is 13.6 Å². The van der Waals surface area contributed by atoms with Gasteiger partial charge in [0.1, 0.15) is 5.75 Å². The molecule has 0 atom stereocenters. The first-order valence-corrected chi connectivity index (χ1v) is 10.3. The van der Waals surface area contributed by atoms with Crippen molar-refractivity contribution in [1.29, 1.82) is 0 Å². The summed E-state index contributed by atoms with van der Waals surface area (Å²) in [5.74, 6) is -1.77. The van der Waals surface area contributed by atoms with E-state index >= 15 is 0 Å². The Morgan fingerprint density at radius 3 is 2.46 bits per heavy atom. The minimum Gasteiger partial charge on any atom is -0.383 e. The Bertz CT molecular complexity index is 949. The predicted molar refractivity (Wildman–Crippen MR) is 103 cm³/mol. The molecule has 0 saturated carbocycles. The lowest BCUT2D eigenvalue weighted by atomic mass is 10.1. The number of carbonyl (C=O) groups excluding carboxylic acids is 1. The molecule has 6 nitrogen and oxygen atoms in total. The molecule has 1 N–H and O–H groups in total. The van der Waals surface area contributed by atoms with Crippen molar-refractivity contribution in [2.75, 3.05) is 18.1 Å². The third kappa shape index (κ3) is 6.80. The fourth-order valence-corrected chi connectivity index (χ4v) is 2.98. The quantitative estimate of drug-likeness (QED) is 0.698. The molecule has 0 spiro atoms. The Kier molecular flexibility index (Phi) is 6.95. The molecule has 0 radical (unpaired) electrons. The molecular weight excluding hydrogens is 390 g/mol. The third-order valence-corrected chi connectivity index (χ3v) is 4.06. The van der Waals surface area contributed by atoms with Crippen molar-refractivity contribution in [2.24, 2.45) is 5.92 Å². The van der Waals surface area contributed by atoms with Crippen molar-refractivity contribution in [1.82, 2.24) is 4.90 Å². The van der Waals surface area contributed by atoms with Crippen molar-refractivity contribution < 1.29 is 26.2 Å². The third-order valence-electron chi connectivity index (χ3n) is 3.56. The van der Waals surface area contributed by atoms with Crippen LogP contribution in [-0.2, 0) is 16.7 Å². The van der Waals surface area contributed by atoms with E-state index in [1.165, 1.54) is 23.1 Å². The van der Waals surface area contributed by atoms with Gasteiger partial charge < -0.3 is 14.4 Å². The second kappa shape index (κ2) is 9.01. The molecule has 0 aromatic heterocycles. The molecule has 0 unspecified atom stereocenters. The summed E-state index contributed by atoms with van der Waals surface area (Å²) in [6.07, 6.45) is 0.944. The Morgan fingerprint density at radius 2 is 1.86 bits per heavy atom. The SMILES string of the molecule is CC(C)CN(Cc1cccc(OS(C)(=O)=O)c1)C(=O)Nc1ccc(F)c(F)c1. The summed E-state index contributed by atoms with van der Waals surface area (Å²) < 4.78 is 53.9. The van der Waals surface area contributed by atoms with Crippen LogP contribution in [0.2, 0.25) is 0 Å². The minimum atomic E-state index is -3.67. The molecule has 9 heteroatoms. The van der Waals surface area contributed by atoms with E-state index in [2.05, 4.69) is 5.32 Å². The van der Waals surface area contributed by atoms with Crippen molar-refractivity contribution in [3.05, 3.63) is 59.7 Å². The Labute approximate surface area is 163 Å². The summed E-state index contributed by atoms with van der Waals surface area (Å²) in [5, 5.41) is 2.54. The van der Waals surface area contributed by atoms with Crippen LogP contribution >= 0.6 is 0 Å². The fourth-order valence-electron chi connectivity index (χ4n) is 2.53. The first kappa shape index (κ1) is 21.6. The van der Waals surface area contributed by atoms with E-state index in [9.17, 15) is 22.0 Å². The average molecular weight is 412 g/mol. The smallest absolute Gasteiger partial charge is 0.322 e. The monoisotopic (exact) mass is 412 g/mol. The molecule has 28 heavy (non-hydrogen) atoms. The molecule has 2 aromatic carbocycles. The molecule has 152 valence electrons. The van der Waals surface area contributed by atoms with Crippen molar-refractivity contribution >= 4 is 21.8 Å². The summed E-state index contributed by atoms with van der Waals surface area (Å²) >= 11 is 0. The zero-order valence-corrected chi connectivity index (χ0v) is 16.6. The molecule has 0 heterocycles. The molecular formula is C19H22F2N2O4S. The normalized spacial score (nSPS) is 11.4. The summed E-state index contributed by atoms with van der Waals surface area (Å²) in [6.45, 7) is 4.43. The van der Waals surface area contributed by atoms with Crippen LogP contribution in [0.3, 0.4) is 0 Å². The number of urea groups is 1. The molecule has 0 aliphatic carbocycles. The number of amides is 2. The number of nitrogens with zero attached hydrogens (tertiary/aromatic N) is 1. The van der Waals surface area contributed by atoms with Crippen molar-refractivity contribution in [3.8, 4) is 5.75 Å². The molecule has 0 aliphatic heterocycles. The van der Waals surface area contributed by atoms with E-state index in [-0.39, 0.29) is 23.9 Å². The lowest BCUT2D eigenvalue weighted by Gasteiger charge is -2.25. The summed E-state index contributed by atoms with van der Waals surface area (Å²) in [7, 11) is -3.67. The average Bonchev–Trinajstić information content (AvgIpc) is 2.56. The second-order valence-electron chi connectivity index (χ2n) is 6.77. The van der Waals surface area contributed by atoms with Crippen molar-refractivity contribution in [3.63, 3.8) is 0 Å². The molecule has 0 saturated heterocycles. The van der Waals surface area contributed by atoms with E-state index in [1.807, 2.05) is 13.8 Å². The zero-order chi connectivity index (χ0) is 20.9. The van der Waals surface area contributed by atoms with Gasteiger partial charge in [0.15, 0.2) is 11.6 Å². The van der Waals surface area contributed by atoms with Gasteiger partial charge in [-0.1, -0.05) is 26.0 Å². The first-order chi connectivity index (χ1) is 13.0. The number of rotatable bonds is 7. The fraction of sp³-hybridized carbons (Fsp3) is 0.316. The van der Waals surface area contributed by atoms with Crippen LogP contribution < -0.4 is 9.50 Å². The Hall–Kier alpha value is -2.68. The van der Waals surface area contributed by atoms with Gasteiger partial charge in [0.05, 0.1) is 6.26 Å². The number of hydrogen-bond acceptors (Lipinski definition) is 4. The molecule has 0 bridgehead atoms. The lowest BCUT2D eigenvalue weighted by molar-refractivity contribution is 0.201. The van der Waals surface area contributed by atoms with Gasteiger partial charge in [-0.2, -0.15) is 8.42 Å². The van der Waals surface area contributed by atoms with E-state index in [0.29, 0.717) is 12.1 Å². The number of anilines is 1. The summed E-state index contributed by atoms with van der Waals surface area (Å²) in [4.78, 5) is 14.1. The van der Waals surface area contributed by atoms with E-state index in [4.69, 9.17) is 4.18 Å². The summed E-state index contributed by atoms with van der Waals surface area (Å²) in [6, 6.07) is 8.99. The summed E-state index contributed by atoms with van der Waals surface area (Å²) in [5.41, 5.74) is 0.786. The number of benzene rings is 2. The Morgan fingerprint density at radius 1 is 1.14 bits per heavy atom. The Balaban J connectivity index is 2.17. The van der Waals surface area contributed by atoms with Gasteiger partial charge in [-0.15, -0.1) is 0 Å². The number of nitrogens with one attached hydrogen (secondary N) is 1. The molecule has 2 aromatic rings. The van der Waals surface area contributed by atoms with Crippen LogP contribution in [0.5, 0.6) is 5.75 Å². The first-order valence-electron chi connectivity index (χ1n) is 8.53. The van der Waals surface area contributed by atoms with Crippen LogP contribution in [0.1, 0.15) is 19.4 Å². The standard InChI is InChI=1S/C19H22F2N2O4S/c1-13(2)11-23(19(24)22-15-7-8-17(20)18(21)10-15)12-14-5-4-6-16(9-14)27-28(3,25)26/h4-10,13H,11-12H2,1-3H3,(H,22,24). The lowest BCUT2D eigenvalue weighted by Crippen LogP contribution is -2.37. The van der Waals surface area contributed by atoms with E-state index in [1.54, 1.807) is 12.1 Å². The topological polar surface area (TPSA) is 75.7 Å². The zero-order valence-electron chi connectivity index (χ0n) is 15.8. The second-order valence-corrected chi connectivity index (χ2v) is 8.34. The number of halogens is 2. The van der Waals surface area contributed by atoms with Gasteiger partial charge in [0.2, 0.25) is 0 Å². The van der Waals surface area contributed by atoms with Gasteiger partial charge >= 0.3 is 16.1 Å². The van der Waals surface area contributed by atoms with Crippen LogP contribution in [0.4, 0.5) is 19.3 Å². The van der Waals surface area contributed by atoms with E-state index in [0.717, 1.165) is 18.4 Å². The highest BCUT2D eigenvalue weighted by Crippen LogP contribution is 2.19. The van der Waals surface area contributed by atoms with Crippen LogP contribution in [-0.4, -0.2) is 32.1 Å². The highest BCUT2D eigenvalue weighted by molar-refractivity contribution is 7.86. The van der Waals surface area contributed by atoms with Crippen molar-refractivity contribution in [2.45, 2.75) is 20.4 Å². The van der Waals surface area contributed by atoms with Gasteiger partial charge in [0.25, 0.3) is 0 Å². The van der Waals surface area contributed by atoms with Crippen LogP contribution in [0.15, 0.2) is 42.5 Å². The molecule has 2 amide bonds. The predicted octanol–water partition coefficient (Wildman–Crippen LogP) is 3.99. The van der Waals surface area contributed by atoms with Gasteiger partial charge in [-0.3, -0.25) is 0 Å². The number of hydrogen-bond donors (Lipinski definition) is 1. The molecule has 0 fully saturated rings.